The number of benzene rings is 2. The highest BCUT2D eigenvalue weighted by Gasteiger charge is 2.08. The minimum Gasteiger partial charge on any atom is -0.294 e. The van der Waals surface area contributed by atoms with E-state index in [9.17, 15) is 4.79 Å². The molecule has 0 saturated heterocycles. The molecule has 0 aromatic heterocycles. The van der Waals surface area contributed by atoms with Gasteiger partial charge in [0.1, 0.15) is 0 Å². The lowest BCUT2D eigenvalue weighted by Crippen LogP contribution is -1.96. The van der Waals surface area contributed by atoms with Gasteiger partial charge in [-0.1, -0.05) is 75.2 Å². The average molecular weight is 284 g/mol. The van der Waals surface area contributed by atoms with Gasteiger partial charge in [0.05, 0.1) is 0 Å². The molecule has 0 N–H and O–H groups in total. The molecule has 2 aromatic rings. The maximum atomic E-state index is 11.7. The second-order valence-corrected chi connectivity index (χ2v) is 4.47. The van der Waals surface area contributed by atoms with E-state index in [1.54, 1.807) is 6.92 Å². The summed E-state index contributed by atoms with van der Waals surface area (Å²) in [6.45, 7) is 13.7. The molecule has 0 bridgehead atoms. The normalized spacial score (nSPS) is 8.90. The average Bonchev–Trinajstić information content (AvgIpc) is 2.52. The van der Waals surface area contributed by atoms with Crippen LogP contribution in [0.3, 0.4) is 0 Å². The summed E-state index contributed by atoms with van der Waals surface area (Å²) in [5.74, 6) is 0.115. The first-order chi connectivity index (χ1) is 10.1. The van der Waals surface area contributed by atoms with Gasteiger partial charge in [-0.25, -0.2) is 0 Å². The van der Waals surface area contributed by atoms with Crippen LogP contribution < -0.4 is 0 Å². The number of Topliss-reactive ketones (excluding diaryl/α,β-unsaturated/α-hetero) is 1. The van der Waals surface area contributed by atoms with E-state index in [0.717, 1.165) is 22.3 Å². The molecule has 1 nitrogen and oxygen atoms in total. The Kier molecular flexibility index (Phi) is 9.03. The number of hydrogen-bond acceptors (Lipinski definition) is 1. The Balaban J connectivity index is 0.000000921. The van der Waals surface area contributed by atoms with Crippen LogP contribution in [0, 0.1) is 13.8 Å². The van der Waals surface area contributed by atoms with Crippen molar-refractivity contribution in [2.24, 2.45) is 0 Å². The van der Waals surface area contributed by atoms with Gasteiger partial charge in [0, 0.05) is 5.56 Å². The fraction of sp³-hybridized carbons (Fsp3) is 0.350. The second-order valence-electron chi connectivity index (χ2n) is 4.47. The molecule has 0 heterocycles. The van der Waals surface area contributed by atoms with Crippen molar-refractivity contribution in [2.75, 3.05) is 0 Å². The summed E-state index contributed by atoms with van der Waals surface area (Å²) >= 11 is 0. The minimum atomic E-state index is 0.115. The van der Waals surface area contributed by atoms with E-state index in [0.29, 0.717) is 0 Å². The molecule has 21 heavy (non-hydrogen) atoms. The molecule has 114 valence electrons. The molecule has 2 rings (SSSR count). The lowest BCUT2D eigenvalue weighted by atomic mass is 9.95. The molecule has 0 aliphatic carbocycles. The number of carbonyl (C=O) groups is 1. The number of aryl methyl sites for hydroxylation is 2. The van der Waals surface area contributed by atoms with Crippen molar-refractivity contribution >= 4 is 5.78 Å². The molecule has 0 spiro atoms. The van der Waals surface area contributed by atoms with Crippen molar-refractivity contribution in [1.29, 1.82) is 0 Å². The Hall–Kier alpha value is -1.89. The van der Waals surface area contributed by atoms with E-state index >= 15 is 0 Å². The van der Waals surface area contributed by atoms with Crippen molar-refractivity contribution in [3.8, 4) is 11.1 Å². The Labute approximate surface area is 130 Å². The van der Waals surface area contributed by atoms with Crippen molar-refractivity contribution in [2.45, 2.75) is 48.5 Å². The van der Waals surface area contributed by atoms with Crippen LogP contribution in [0.2, 0.25) is 0 Å². The van der Waals surface area contributed by atoms with Gasteiger partial charge < -0.3 is 0 Å². The molecule has 0 unspecified atom stereocenters. The van der Waals surface area contributed by atoms with Crippen LogP contribution in [0.4, 0.5) is 0 Å². The molecule has 0 aliphatic heterocycles. The maximum absolute atomic E-state index is 11.7. The highest BCUT2D eigenvalue weighted by Crippen LogP contribution is 2.25. The molecule has 0 aliphatic rings. The highest BCUT2D eigenvalue weighted by molar-refractivity contribution is 6.01. The predicted octanol–water partition coefficient (Wildman–Crippen LogP) is 6.23. The van der Waals surface area contributed by atoms with Crippen LogP contribution in [0.5, 0.6) is 0 Å². The molecule has 0 amide bonds. The smallest absolute Gasteiger partial charge is 0.160 e. The molecule has 1 heteroatoms. The van der Waals surface area contributed by atoms with Crippen molar-refractivity contribution in [1.82, 2.24) is 0 Å². The summed E-state index contributed by atoms with van der Waals surface area (Å²) in [7, 11) is 0. The van der Waals surface area contributed by atoms with Crippen molar-refractivity contribution in [3.63, 3.8) is 0 Å². The zero-order valence-electron chi connectivity index (χ0n) is 14.4. The fourth-order valence-corrected chi connectivity index (χ4v) is 1.93. The molecule has 0 radical (unpaired) electrons. The fourth-order valence-electron chi connectivity index (χ4n) is 1.93. The van der Waals surface area contributed by atoms with Crippen LogP contribution in [-0.2, 0) is 0 Å². The van der Waals surface area contributed by atoms with Gasteiger partial charge in [-0.2, -0.15) is 0 Å². The van der Waals surface area contributed by atoms with Gasteiger partial charge >= 0.3 is 0 Å². The highest BCUT2D eigenvalue weighted by atomic mass is 16.1. The topological polar surface area (TPSA) is 17.1 Å². The zero-order chi connectivity index (χ0) is 16.4. The first-order valence-electron chi connectivity index (χ1n) is 7.76. The van der Waals surface area contributed by atoms with Gasteiger partial charge in [-0.3, -0.25) is 4.79 Å². The zero-order valence-corrected chi connectivity index (χ0v) is 14.4. The quantitative estimate of drug-likeness (QED) is 0.598. The van der Waals surface area contributed by atoms with Gasteiger partial charge in [0.25, 0.3) is 0 Å². The molecule has 0 saturated carbocycles. The first kappa shape index (κ1) is 19.1. The summed E-state index contributed by atoms with van der Waals surface area (Å²) in [6, 6.07) is 14.3. The molecule has 0 atom stereocenters. The summed E-state index contributed by atoms with van der Waals surface area (Å²) in [4.78, 5) is 11.7. The molecular formula is C20H28O. The first-order valence-corrected chi connectivity index (χ1v) is 7.76. The summed E-state index contributed by atoms with van der Waals surface area (Å²) in [5.41, 5.74) is 5.26. The second kappa shape index (κ2) is 9.93. The summed E-state index contributed by atoms with van der Waals surface area (Å²) in [5, 5.41) is 0. The van der Waals surface area contributed by atoms with E-state index in [1.807, 2.05) is 52.8 Å². The third-order valence-corrected chi connectivity index (χ3v) is 2.92. The van der Waals surface area contributed by atoms with E-state index in [4.69, 9.17) is 0 Å². The van der Waals surface area contributed by atoms with Gasteiger partial charge in [0.2, 0.25) is 0 Å². The van der Waals surface area contributed by atoms with Crippen LogP contribution in [-0.4, -0.2) is 5.78 Å². The van der Waals surface area contributed by atoms with E-state index in [-0.39, 0.29) is 5.78 Å². The Morgan fingerprint density at radius 2 is 1.24 bits per heavy atom. The van der Waals surface area contributed by atoms with Gasteiger partial charge in [-0.05, 0) is 38.0 Å². The Morgan fingerprint density at radius 3 is 1.71 bits per heavy atom. The Morgan fingerprint density at radius 1 is 0.762 bits per heavy atom. The SMILES string of the molecule is CC.CC.CC(=O)c1cc(C)ccc1-c1ccc(C)cc1. The number of rotatable bonds is 2. The molecule has 2 aromatic carbocycles. The van der Waals surface area contributed by atoms with Crippen LogP contribution in [0.25, 0.3) is 11.1 Å². The number of carbonyl (C=O) groups excluding carboxylic acids is 1. The lowest BCUT2D eigenvalue weighted by molar-refractivity contribution is 0.101. The Bertz CT molecular complexity index is 551. The number of ketones is 1. The van der Waals surface area contributed by atoms with Crippen molar-refractivity contribution < 1.29 is 4.79 Å². The summed E-state index contributed by atoms with van der Waals surface area (Å²) < 4.78 is 0. The standard InChI is InChI=1S/C16H16O.2C2H6/c1-11-4-7-14(8-5-11)15-9-6-12(2)10-16(15)13(3)17;2*1-2/h4-10H,1-3H3;2*1-2H3. The van der Waals surface area contributed by atoms with E-state index in [1.165, 1.54) is 5.56 Å². The monoisotopic (exact) mass is 284 g/mol. The third kappa shape index (κ3) is 5.55. The van der Waals surface area contributed by atoms with Gasteiger partial charge in [-0.15, -0.1) is 0 Å². The van der Waals surface area contributed by atoms with Crippen LogP contribution in [0.15, 0.2) is 42.5 Å². The van der Waals surface area contributed by atoms with E-state index in [2.05, 4.69) is 31.2 Å². The molecular weight excluding hydrogens is 256 g/mol. The van der Waals surface area contributed by atoms with Crippen LogP contribution >= 0.6 is 0 Å². The van der Waals surface area contributed by atoms with Crippen molar-refractivity contribution in [3.05, 3.63) is 59.2 Å². The number of hydrogen-bond donors (Lipinski definition) is 0. The largest absolute Gasteiger partial charge is 0.294 e. The third-order valence-electron chi connectivity index (χ3n) is 2.92. The van der Waals surface area contributed by atoms with Crippen LogP contribution in [0.1, 0.15) is 56.1 Å². The summed E-state index contributed by atoms with van der Waals surface area (Å²) in [6.07, 6.45) is 0. The minimum absolute atomic E-state index is 0.115. The predicted molar refractivity (Wildman–Crippen MR) is 94.1 cm³/mol. The van der Waals surface area contributed by atoms with Gasteiger partial charge in [0.15, 0.2) is 5.78 Å². The lowest BCUT2D eigenvalue weighted by Gasteiger charge is -2.08. The van der Waals surface area contributed by atoms with E-state index < -0.39 is 0 Å². The maximum Gasteiger partial charge on any atom is 0.160 e. The molecule has 0 fully saturated rings.